The number of morpholine rings is 1. The standard InChI is InChI=1S/C15H15N3O5/c1-9-16-13(23-17-9)10-2-4-11(5-3-10)14(19)18-6-7-22-12(8-18)15(20)21/h2-5,12H,6-8H2,1H3,(H,20,21)/t12-/m1/s1. The quantitative estimate of drug-likeness (QED) is 0.899. The number of ether oxygens (including phenoxy) is 1. The zero-order valence-corrected chi connectivity index (χ0v) is 12.4. The average Bonchev–Trinajstić information content (AvgIpc) is 3.01. The molecule has 0 saturated carbocycles. The molecular formula is C15H15N3O5. The monoisotopic (exact) mass is 317 g/mol. The summed E-state index contributed by atoms with van der Waals surface area (Å²) in [7, 11) is 0. The second kappa shape index (κ2) is 6.17. The van der Waals surface area contributed by atoms with E-state index in [-0.39, 0.29) is 19.1 Å². The number of nitrogens with zero attached hydrogens (tertiary/aromatic N) is 3. The molecule has 1 aromatic carbocycles. The van der Waals surface area contributed by atoms with Crippen molar-refractivity contribution in [3.8, 4) is 11.5 Å². The van der Waals surface area contributed by atoms with Crippen LogP contribution in [0.3, 0.4) is 0 Å². The van der Waals surface area contributed by atoms with E-state index in [0.717, 1.165) is 0 Å². The van der Waals surface area contributed by atoms with Crippen LogP contribution >= 0.6 is 0 Å². The fourth-order valence-corrected chi connectivity index (χ4v) is 2.34. The van der Waals surface area contributed by atoms with Gasteiger partial charge in [0.1, 0.15) is 0 Å². The van der Waals surface area contributed by atoms with E-state index >= 15 is 0 Å². The van der Waals surface area contributed by atoms with Gasteiger partial charge in [0.05, 0.1) is 13.2 Å². The molecule has 2 aromatic rings. The number of amides is 1. The highest BCUT2D eigenvalue weighted by Crippen LogP contribution is 2.19. The van der Waals surface area contributed by atoms with Crippen LogP contribution in [-0.2, 0) is 9.53 Å². The summed E-state index contributed by atoms with van der Waals surface area (Å²) in [5.74, 6) is -0.371. The first kappa shape index (κ1) is 15.2. The van der Waals surface area contributed by atoms with Crippen LogP contribution in [0, 0.1) is 6.92 Å². The topological polar surface area (TPSA) is 106 Å². The van der Waals surface area contributed by atoms with Gasteiger partial charge in [-0.25, -0.2) is 4.79 Å². The number of rotatable bonds is 3. The number of carboxylic acids is 1. The Morgan fingerprint density at radius 2 is 2.04 bits per heavy atom. The fraction of sp³-hybridized carbons (Fsp3) is 0.333. The van der Waals surface area contributed by atoms with E-state index in [1.54, 1.807) is 31.2 Å². The van der Waals surface area contributed by atoms with Crippen LogP contribution in [0.1, 0.15) is 16.2 Å². The van der Waals surface area contributed by atoms with E-state index in [9.17, 15) is 9.59 Å². The van der Waals surface area contributed by atoms with Crippen molar-refractivity contribution in [3.05, 3.63) is 35.7 Å². The van der Waals surface area contributed by atoms with E-state index in [4.69, 9.17) is 14.4 Å². The summed E-state index contributed by atoms with van der Waals surface area (Å²) in [5.41, 5.74) is 1.18. The summed E-state index contributed by atoms with van der Waals surface area (Å²) >= 11 is 0. The molecule has 0 unspecified atom stereocenters. The van der Waals surface area contributed by atoms with E-state index in [0.29, 0.717) is 29.4 Å². The van der Waals surface area contributed by atoms with E-state index in [2.05, 4.69) is 10.1 Å². The van der Waals surface area contributed by atoms with Crippen molar-refractivity contribution >= 4 is 11.9 Å². The number of carboxylic acid groups (broad SMARTS) is 1. The zero-order chi connectivity index (χ0) is 16.4. The van der Waals surface area contributed by atoms with Gasteiger partial charge in [-0.2, -0.15) is 4.98 Å². The maximum Gasteiger partial charge on any atom is 0.334 e. The lowest BCUT2D eigenvalue weighted by Gasteiger charge is -2.30. The number of aliphatic carboxylic acids is 1. The Morgan fingerprint density at radius 3 is 2.65 bits per heavy atom. The van der Waals surface area contributed by atoms with E-state index in [1.165, 1.54) is 4.90 Å². The summed E-state index contributed by atoms with van der Waals surface area (Å²) < 4.78 is 10.2. The van der Waals surface area contributed by atoms with E-state index in [1.807, 2.05) is 0 Å². The number of hydrogen-bond donors (Lipinski definition) is 1. The molecule has 1 saturated heterocycles. The minimum absolute atomic E-state index is 0.0404. The minimum Gasteiger partial charge on any atom is -0.479 e. The largest absolute Gasteiger partial charge is 0.479 e. The molecule has 8 heteroatoms. The van der Waals surface area contributed by atoms with Gasteiger partial charge in [-0.3, -0.25) is 4.79 Å². The minimum atomic E-state index is -1.07. The first-order valence-corrected chi connectivity index (χ1v) is 7.09. The van der Waals surface area contributed by atoms with Gasteiger partial charge in [0.2, 0.25) is 0 Å². The zero-order valence-electron chi connectivity index (χ0n) is 12.4. The van der Waals surface area contributed by atoms with Gasteiger partial charge < -0.3 is 19.3 Å². The Balaban J connectivity index is 1.74. The summed E-state index contributed by atoms with van der Waals surface area (Å²) in [6.45, 7) is 2.34. The van der Waals surface area contributed by atoms with Gasteiger partial charge in [0.25, 0.3) is 11.8 Å². The molecular weight excluding hydrogens is 302 g/mol. The molecule has 1 aromatic heterocycles. The Morgan fingerprint density at radius 1 is 1.30 bits per heavy atom. The highest BCUT2D eigenvalue weighted by atomic mass is 16.5. The second-order valence-electron chi connectivity index (χ2n) is 5.17. The molecule has 1 atom stereocenters. The van der Waals surface area contributed by atoms with Crippen molar-refractivity contribution in [2.75, 3.05) is 19.7 Å². The van der Waals surface area contributed by atoms with Gasteiger partial charge in [-0.15, -0.1) is 0 Å². The lowest BCUT2D eigenvalue weighted by atomic mass is 10.1. The predicted molar refractivity (Wildman–Crippen MR) is 77.8 cm³/mol. The van der Waals surface area contributed by atoms with Crippen LogP contribution in [0.4, 0.5) is 0 Å². The highest BCUT2D eigenvalue weighted by Gasteiger charge is 2.29. The third-order valence-corrected chi connectivity index (χ3v) is 3.54. The molecule has 1 aliphatic rings. The Hall–Kier alpha value is -2.74. The predicted octanol–water partition coefficient (Wildman–Crippen LogP) is 0.971. The van der Waals surface area contributed by atoms with Gasteiger partial charge >= 0.3 is 5.97 Å². The van der Waals surface area contributed by atoms with E-state index < -0.39 is 12.1 Å². The number of aryl methyl sites for hydroxylation is 1. The molecule has 1 N–H and O–H groups in total. The van der Waals surface area contributed by atoms with Crippen LogP contribution in [0.5, 0.6) is 0 Å². The normalized spacial score (nSPS) is 18.0. The van der Waals surface area contributed by atoms with Crippen molar-refractivity contribution in [1.82, 2.24) is 15.0 Å². The van der Waals surface area contributed by atoms with Crippen molar-refractivity contribution in [2.45, 2.75) is 13.0 Å². The molecule has 2 heterocycles. The third-order valence-electron chi connectivity index (χ3n) is 3.54. The Labute approximate surface area is 131 Å². The smallest absolute Gasteiger partial charge is 0.334 e. The lowest BCUT2D eigenvalue weighted by molar-refractivity contribution is -0.154. The number of aromatic nitrogens is 2. The molecule has 0 spiro atoms. The summed E-state index contributed by atoms with van der Waals surface area (Å²) in [4.78, 5) is 29.0. The lowest BCUT2D eigenvalue weighted by Crippen LogP contribution is -2.48. The molecule has 1 aliphatic heterocycles. The van der Waals surface area contributed by atoms with Crippen molar-refractivity contribution < 1.29 is 24.0 Å². The molecule has 8 nitrogen and oxygen atoms in total. The molecule has 1 fully saturated rings. The first-order chi connectivity index (χ1) is 11.0. The molecule has 1 amide bonds. The van der Waals surface area contributed by atoms with Crippen molar-refractivity contribution in [2.24, 2.45) is 0 Å². The van der Waals surface area contributed by atoms with Gasteiger partial charge in [-0.1, -0.05) is 5.16 Å². The Bertz CT molecular complexity index is 725. The first-order valence-electron chi connectivity index (χ1n) is 7.09. The summed E-state index contributed by atoms with van der Waals surface area (Å²) in [6, 6.07) is 6.75. The van der Waals surface area contributed by atoms with Crippen molar-refractivity contribution in [3.63, 3.8) is 0 Å². The summed E-state index contributed by atoms with van der Waals surface area (Å²) in [6.07, 6.45) is -0.978. The highest BCUT2D eigenvalue weighted by molar-refractivity contribution is 5.95. The SMILES string of the molecule is Cc1noc(-c2ccc(C(=O)N3CCO[C@@H](C(=O)O)C3)cc2)n1. The summed E-state index contributed by atoms with van der Waals surface area (Å²) in [5, 5.41) is 12.7. The molecule has 0 aliphatic carbocycles. The Kier molecular flexibility index (Phi) is 4.07. The molecule has 0 radical (unpaired) electrons. The number of hydrogen-bond acceptors (Lipinski definition) is 6. The third kappa shape index (κ3) is 3.21. The molecule has 23 heavy (non-hydrogen) atoms. The van der Waals surface area contributed by atoms with Gasteiger partial charge in [-0.05, 0) is 31.2 Å². The molecule has 120 valence electrons. The number of benzene rings is 1. The maximum absolute atomic E-state index is 12.4. The number of carbonyl (C=O) groups excluding carboxylic acids is 1. The van der Waals surface area contributed by atoms with Crippen LogP contribution in [-0.4, -0.2) is 57.8 Å². The molecule has 3 rings (SSSR count). The van der Waals surface area contributed by atoms with Crippen molar-refractivity contribution in [1.29, 1.82) is 0 Å². The average molecular weight is 317 g/mol. The van der Waals surface area contributed by atoms with Crippen LogP contribution < -0.4 is 0 Å². The molecule has 0 bridgehead atoms. The second-order valence-corrected chi connectivity index (χ2v) is 5.17. The van der Waals surface area contributed by atoms with Gasteiger partial charge in [0.15, 0.2) is 11.9 Å². The van der Waals surface area contributed by atoms with Gasteiger partial charge in [0, 0.05) is 17.7 Å². The number of carbonyl (C=O) groups is 2. The van der Waals surface area contributed by atoms with Crippen LogP contribution in [0.2, 0.25) is 0 Å². The maximum atomic E-state index is 12.4. The fourth-order valence-electron chi connectivity index (χ4n) is 2.34. The van der Waals surface area contributed by atoms with Crippen LogP contribution in [0.15, 0.2) is 28.8 Å². The van der Waals surface area contributed by atoms with Crippen LogP contribution in [0.25, 0.3) is 11.5 Å².